The molecule has 2 heterocycles. The number of anilines is 1. The van der Waals surface area contributed by atoms with E-state index in [1.54, 1.807) is 6.07 Å². The summed E-state index contributed by atoms with van der Waals surface area (Å²) in [5, 5.41) is 0. The van der Waals surface area contributed by atoms with E-state index in [4.69, 9.17) is 9.47 Å². The number of ether oxygens (including phenoxy) is 3. The van der Waals surface area contributed by atoms with Gasteiger partial charge in [0.25, 0.3) is 0 Å². The molecule has 1 unspecified atom stereocenters. The van der Waals surface area contributed by atoms with Crippen LogP contribution < -0.4 is 9.64 Å². The minimum atomic E-state index is -4.65. The fourth-order valence-electron chi connectivity index (χ4n) is 3.25. The molecule has 0 aliphatic carbocycles. The first kappa shape index (κ1) is 17.4. The standard InChI is InChI=1S/C17H22F3NO3/c18-17(19,20)24-14-5-6-16-13(11-14)3-1-7-21(16)8-10-22-12-15-4-2-9-23-15/h5-6,11,15H,1-4,7-10,12H2. The molecule has 1 aromatic carbocycles. The van der Waals surface area contributed by atoms with Gasteiger partial charge in [0.05, 0.1) is 19.3 Å². The second-order valence-corrected chi connectivity index (χ2v) is 6.14. The Labute approximate surface area is 139 Å². The summed E-state index contributed by atoms with van der Waals surface area (Å²) >= 11 is 0. The first-order chi connectivity index (χ1) is 11.5. The molecular weight excluding hydrogens is 323 g/mol. The monoisotopic (exact) mass is 345 g/mol. The van der Waals surface area contributed by atoms with E-state index in [0.717, 1.165) is 56.6 Å². The third-order valence-electron chi connectivity index (χ3n) is 4.33. The van der Waals surface area contributed by atoms with Crippen molar-refractivity contribution in [2.24, 2.45) is 0 Å². The Hall–Kier alpha value is -1.47. The lowest BCUT2D eigenvalue weighted by molar-refractivity contribution is -0.274. The van der Waals surface area contributed by atoms with Crippen molar-refractivity contribution in [3.8, 4) is 5.75 Å². The van der Waals surface area contributed by atoms with Crippen molar-refractivity contribution in [2.45, 2.75) is 38.1 Å². The highest BCUT2D eigenvalue weighted by molar-refractivity contribution is 5.58. The van der Waals surface area contributed by atoms with Crippen LogP contribution in [0.4, 0.5) is 18.9 Å². The van der Waals surface area contributed by atoms with Crippen molar-refractivity contribution in [2.75, 3.05) is 37.8 Å². The zero-order chi connectivity index (χ0) is 17.0. The van der Waals surface area contributed by atoms with Crippen LogP contribution in [0.5, 0.6) is 5.75 Å². The van der Waals surface area contributed by atoms with E-state index in [2.05, 4.69) is 9.64 Å². The van der Waals surface area contributed by atoms with Gasteiger partial charge < -0.3 is 19.1 Å². The Bertz CT molecular complexity index is 544. The molecule has 0 aromatic heterocycles. The first-order valence-corrected chi connectivity index (χ1v) is 8.34. The van der Waals surface area contributed by atoms with Gasteiger partial charge in [0.15, 0.2) is 0 Å². The highest BCUT2D eigenvalue weighted by atomic mass is 19.4. The van der Waals surface area contributed by atoms with Crippen molar-refractivity contribution in [1.29, 1.82) is 0 Å². The van der Waals surface area contributed by atoms with E-state index >= 15 is 0 Å². The number of benzene rings is 1. The maximum absolute atomic E-state index is 12.3. The second-order valence-electron chi connectivity index (χ2n) is 6.14. The van der Waals surface area contributed by atoms with Crippen LogP contribution in [0.15, 0.2) is 18.2 Å². The summed E-state index contributed by atoms with van der Waals surface area (Å²) < 4.78 is 52.2. The Morgan fingerprint density at radius 3 is 2.88 bits per heavy atom. The number of aryl methyl sites for hydroxylation is 1. The van der Waals surface area contributed by atoms with Gasteiger partial charge in [-0.05, 0) is 49.4 Å². The normalized spacial score (nSPS) is 21.0. The summed E-state index contributed by atoms with van der Waals surface area (Å²) in [5.41, 5.74) is 1.86. The Kier molecular flexibility index (Phi) is 5.50. The van der Waals surface area contributed by atoms with E-state index in [1.807, 2.05) is 0 Å². The highest BCUT2D eigenvalue weighted by Gasteiger charge is 2.31. The number of fused-ring (bicyclic) bond motifs is 1. The summed E-state index contributed by atoms with van der Waals surface area (Å²) in [6, 6.07) is 4.57. The van der Waals surface area contributed by atoms with E-state index < -0.39 is 6.36 Å². The molecule has 0 radical (unpaired) electrons. The molecule has 0 spiro atoms. The average Bonchev–Trinajstić information content (AvgIpc) is 3.03. The molecule has 1 atom stereocenters. The lowest BCUT2D eigenvalue weighted by atomic mass is 10.0. The number of halogens is 3. The predicted molar refractivity (Wildman–Crippen MR) is 83.5 cm³/mol. The maximum atomic E-state index is 12.3. The lowest BCUT2D eigenvalue weighted by Gasteiger charge is -2.31. The quantitative estimate of drug-likeness (QED) is 0.738. The smallest absolute Gasteiger partial charge is 0.406 e. The van der Waals surface area contributed by atoms with E-state index in [1.165, 1.54) is 12.1 Å². The zero-order valence-corrected chi connectivity index (χ0v) is 13.5. The van der Waals surface area contributed by atoms with Crippen molar-refractivity contribution in [1.82, 2.24) is 0 Å². The zero-order valence-electron chi connectivity index (χ0n) is 13.5. The molecular formula is C17H22F3NO3. The number of rotatable bonds is 6. The van der Waals surface area contributed by atoms with Crippen LogP contribution >= 0.6 is 0 Å². The van der Waals surface area contributed by atoms with Crippen LogP contribution in [0.3, 0.4) is 0 Å². The molecule has 0 amide bonds. The van der Waals surface area contributed by atoms with E-state index in [0.29, 0.717) is 13.2 Å². The first-order valence-electron chi connectivity index (χ1n) is 8.34. The van der Waals surface area contributed by atoms with Gasteiger partial charge in [-0.15, -0.1) is 13.2 Å². The fraction of sp³-hybridized carbons (Fsp3) is 0.647. The van der Waals surface area contributed by atoms with Crippen LogP contribution in [0.25, 0.3) is 0 Å². The van der Waals surface area contributed by atoms with Gasteiger partial charge in [-0.1, -0.05) is 0 Å². The molecule has 4 nitrogen and oxygen atoms in total. The molecule has 2 aliphatic rings. The molecule has 2 aliphatic heterocycles. The van der Waals surface area contributed by atoms with Gasteiger partial charge in [-0.2, -0.15) is 0 Å². The molecule has 7 heteroatoms. The minimum absolute atomic E-state index is 0.155. The van der Waals surface area contributed by atoms with Gasteiger partial charge >= 0.3 is 6.36 Å². The molecule has 0 bridgehead atoms. The van der Waals surface area contributed by atoms with E-state index in [-0.39, 0.29) is 11.9 Å². The molecule has 0 N–H and O–H groups in total. The minimum Gasteiger partial charge on any atom is -0.406 e. The van der Waals surface area contributed by atoms with Crippen LogP contribution in [0, 0.1) is 0 Å². The number of hydrogen-bond donors (Lipinski definition) is 0. The van der Waals surface area contributed by atoms with Gasteiger partial charge in [-0.25, -0.2) is 0 Å². The Morgan fingerprint density at radius 1 is 1.25 bits per heavy atom. The van der Waals surface area contributed by atoms with Gasteiger partial charge in [0.2, 0.25) is 0 Å². The van der Waals surface area contributed by atoms with Crippen LogP contribution in [-0.2, 0) is 15.9 Å². The average molecular weight is 345 g/mol. The molecule has 1 saturated heterocycles. The van der Waals surface area contributed by atoms with E-state index in [9.17, 15) is 13.2 Å². The van der Waals surface area contributed by atoms with Crippen molar-refractivity contribution < 1.29 is 27.4 Å². The third-order valence-corrected chi connectivity index (χ3v) is 4.33. The third kappa shape index (κ3) is 4.77. The largest absolute Gasteiger partial charge is 0.573 e. The van der Waals surface area contributed by atoms with Crippen molar-refractivity contribution in [3.05, 3.63) is 23.8 Å². The molecule has 134 valence electrons. The van der Waals surface area contributed by atoms with Crippen molar-refractivity contribution >= 4 is 5.69 Å². The van der Waals surface area contributed by atoms with Gasteiger partial charge in [0.1, 0.15) is 5.75 Å². The van der Waals surface area contributed by atoms with Gasteiger partial charge in [0, 0.05) is 25.4 Å². The lowest BCUT2D eigenvalue weighted by Crippen LogP contribution is -2.33. The van der Waals surface area contributed by atoms with Crippen molar-refractivity contribution in [3.63, 3.8) is 0 Å². The molecule has 1 fully saturated rings. The number of nitrogens with zero attached hydrogens (tertiary/aromatic N) is 1. The summed E-state index contributed by atoms with van der Waals surface area (Å²) in [7, 11) is 0. The fourth-order valence-corrected chi connectivity index (χ4v) is 3.25. The maximum Gasteiger partial charge on any atom is 0.573 e. The summed E-state index contributed by atoms with van der Waals surface area (Å²) in [4.78, 5) is 2.16. The summed E-state index contributed by atoms with van der Waals surface area (Å²) in [6.45, 7) is 3.62. The van der Waals surface area contributed by atoms with Crippen LogP contribution in [0.1, 0.15) is 24.8 Å². The Morgan fingerprint density at radius 2 is 2.12 bits per heavy atom. The topological polar surface area (TPSA) is 30.9 Å². The molecule has 3 rings (SSSR count). The summed E-state index contributed by atoms with van der Waals surface area (Å²) in [6.07, 6.45) is -0.629. The Balaban J connectivity index is 1.53. The van der Waals surface area contributed by atoms with Crippen LogP contribution in [-0.4, -0.2) is 45.4 Å². The second kappa shape index (κ2) is 7.61. The highest BCUT2D eigenvalue weighted by Crippen LogP contribution is 2.32. The number of hydrogen-bond acceptors (Lipinski definition) is 4. The predicted octanol–water partition coefficient (Wildman–Crippen LogP) is 3.53. The summed E-state index contributed by atoms with van der Waals surface area (Å²) in [5.74, 6) is -0.155. The number of alkyl halides is 3. The molecule has 24 heavy (non-hydrogen) atoms. The molecule has 1 aromatic rings. The SMILES string of the molecule is FC(F)(F)Oc1ccc2c(c1)CCCN2CCOCC1CCCO1. The van der Waals surface area contributed by atoms with Gasteiger partial charge in [-0.3, -0.25) is 0 Å². The molecule has 0 saturated carbocycles. The van der Waals surface area contributed by atoms with Crippen LogP contribution in [0.2, 0.25) is 0 Å².